The molecule has 1 heterocycles. The highest BCUT2D eigenvalue weighted by Crippen LogP contribution is 2.22. The molecule has 0 radical (unpaired) electrons. The average Bonchev–Trinajstić information content (AvgIpc) is 2.96. The molecule has 2 aromatic carbocycles. The number of ether oxygens (including phenoxy) is 1. The summed E-state index contributed by atoms with van der Waals surface area (Å²) >= 11 is 0. The zero-order valence-electron chi connectivity index (χ0n) is 14.3. The second kappa shape index (κ2) is 7.36. The van der Waals surface area contributed by atoms with Gasteiger partial charge in [-0.25, -0.2) is 4.79 Å². The predicted octanol–water partition coefficient (Wildman–Crippen LogP) is 2.73. The molecule has 0 unspecified atom stereocenters. The molecule has 130 valence electrons. The summed E-state index contributed by atoms with van der Waals surface area (Å²) in [5.41, 5.74) is 4.00. The van der Waals surface area contributed by atoms with Crippen LogP contribution in [0.3, 0.4) is 0 Å². The van der Waals surface area contributed by atoms with Gasteiger partial charge in [-0.15, -0.1) is 0 Å². The number of fused-ring (bicyclic) bond motifs is 1. The van der Waals surface area contributed by atoms with Gasteiger partial charge in [-0.1, -0.05) is 29.8 Å². The van der Waals surface area contributed by atoms with Crippen molar-refractivity contribution in [3.8, 4) is 0 Å². The second-order valence-corrected chi connectivity index (χ2v) is 5.92. The summed E-state index contributed by atoms with van der Waals surface area (Å²) in [6, 6.07) is 13.5. The number of carbonyl (C=O) groups is 1. The van der Waals surface area contributed by atoms with Crippen molar-refractivity contribution in [1.29, 1.82) is 0 Å². The third-order valence-electron chi connectivity index (χ3n) is 3.97. The highest BCUT2D eigenvalue weighted by atomic mass is 16.5. The van der Waals surface area contributed by atoms with Crippen molar-refractivity contribution in [2.24, 2.45) is 0 Å². The first-order valence-electron chi connectivity index (χ1n) is 8.22. The van der Waals surface area contributed by atoms with Gasteiger partial charge < -0.3 is 19.6 Å². The molecule has 1 amide bonds. The van der Waals surface area contributed by atoms with Crippen molar-refractivity contribution in [3.63, 3.8) is 0 Å². The van der Waals surface area contributed by atoms with E-state index < -0.39 is 0 Å². The van der Waals surface area contributed by atoms with Gasteiger partial charge >= 0.3 is 5.69 Å². The van der Waals surface area contributed by atoms with Crippen molar-refractivity contribution in [1.82, 2.24) is 9.97 Å². The smallest absolute Gasteiger partial charge is 0.323 e. The van der Waals surface area contributed by atoms with Crippen LogP contribution in [0.2, 0.25) is 0 Å². The first-order chi connectivity index (χ1) is 12.1. The zero-order chi connectivity index (χ0) is 17.8. The minimum absolute atomic E-state index is 0.0179. The van der Waals surface area contributed by atoms with E-state index in [1.54, 1.807) is 17.0 Å². The lowest BCUT2D eigenvalue weighted by atomic mass is 10.1. The fourth-order valence-corrected chi connectivity index (χ4v) is 2.77. The number of anilines is 1. The average molecular weight is 339 g/mol. The molecule has 3 rings (SSSR count). The fourth-order valence-electron chi connectivity index (χ4n) is 2.77. The third kappa shape index (κ3) is 3.97. The summed E-state index contributed by atoms with van der Waals surface area (Å²) in [4.78, 5) is 31.2. The van der Waals surface area contributed by atoms with Crippen LogP contribution in [-0.4, -0.2) is 29.1 Å². The summed E-state index contributed by atoms with van der Waals surface area (Å²) in [6.07, 6.45) is 0. The quantitative estimate of drug-likeness (QED) is 0.725. The van der Waals surface area contributed by atoms with Gasteiger partial charge in [0.15, 0.2) is 0 Å². The molecule has 0 spiro atoms. The highest BCUT2D eigenvalue weighted by molar-refractivity contribution is 5.96. The number of aromatic nitrogens is 2. The van der Waals surface area contributed by atoms with Crippen LogP contribution in [0, 0.1) is 6.92 Å². The summed E-state index contributed by atoms with van der Waals surface area (Å²) in [6.45, 7) is 4.81. The van der Waals surface area contributed by atoms with Crippen LogP contribution < -0.4 is 10.6 Å². The van der Waals surface area contributed by atoms with E-state index in [-0.39, 0.29) is 18.2 Å². The molecule has 0 aliphatic rings. The SMILES string of the molecule is CCOCC(=O)N(Cc1cccc(C)c1)c1ccc2[nH]c(=O)[nH]c2c1. The van der Waals surface area contributed by atoms with Crippen LogP contribution in [0.5, 0.6) is 0 Å². The molecular formula is C19H21N3O3. The Bertz CT molecular complexity index is 942. The van der Waals surface area contributed by atoms with Gasteiger partial charge in [-0.05, 0) is 37.6 Å². The number of carbonyl (C=O) groups excluding carboxylic acids is 1. The van der Waals surface area contributed by atoms with Gasteiger partial charge in [0.1, 0.15) is 6.61 Å². The molecule has 0 fully saturated rings. The number of benzene rings is 2. The number of H-pyrrole nitrogens is 2. The molecule has 0 bridgehead atoms. The third-order valence-corrected chi connectivity index (χ3v) is 3.97. The van der Waals surface area contributed by atoms with Crippen molar-refractivity contribution >= 4 is 22.6 Å². The maximum atomic E-state index is 12.7. The van der Waals surface area contributed by atoms with Crippen LogP contribution in [0.1, 0.15) is 18.1 Å². The minimum Gasteiger partial charge on any atom is -0.372 e. The van der Waals surface area contributed by atoms with E-state index >= 15 is 0 Å². The van der Waals surface area contributed by atoms with Crippen molar-refractivity contribution < 1.29 is 9.53 Å². The summed E-state index contributed by atoms with van der Waals surface area (Å²) in [7, 11) is 0. The number of imidazole rings is 1. The minimum atomic E-state index is -0.266. The maximum absolute atomic E-state index is 12.7. The Morgan fingerprint density at radius 2 is 1.92 bits per heavy atom. The molecular weight excluding hydrogens is 318 g/mol. The lowest BCUT2D eigenvalue weighted by Gasteiger charge is -2.23. The molecule has 2 N–H and O–H groups in total. The molecule has 0 atom stereocenters. The van der Waals surface area contributed by atoms with Gasteiger partial charge in [0.2, 0.25) is 0 Å². The van der Waals surface area contributed by atoms with Crippen molar-refractivity contribution in [3.05, 3.63) is 64.1 Å². The second-order valence-electron chi connectivity index (χ2n) is 5.92. The molecule has 1 aromatic heterocycles. The zero-order valence-corrected chi connectivity index (χ0v) is 14.3. The Labute approximate surface area is 145 Å². The normalized spacial score (nSPS) is 11.0. The molecule has 0 saturated carbocycles. The predicted molar refractivity (Wildman–Crippen MR) is 97.8 cm³/mol. The van der Waals surface area contributed by atoms with E-state index in [1.807, 2.05) is 38.1 Å². The number of nitrogens with one attached hydrogen (secondary N) is 2. The summed E-state index contributed by atoms with van der Waals surface area (Å²) < 4.78 is 5.30. The van der Waals surface area contributed by atoms with E-state index in [1.165, 1.54) is 0 Å². The molecule has 0 aliphatic heterocycles. The number of aromatic amines is 2. The van der Waals surface area contributed by atoms with Crippen LogP contribution in [0.25, 0.3) is 11.0 Å². The molecule has 0 aliphatic carbocycles. The maximum Gasteiger partial charge on any atom is 0.323 e. The number of amides is 1. The van der Waals surface area contributed by atoms with E-state index in [4.69, 9.17) is 4.74 Å². The number of rotatable bonds is 6. The molecule has 0 saturated heterocycles. The summed E-state index contributed by atoms with van der Waals surface area (Å²) in [5, 5.41) is 0. The van der Waals surface area contributed by atoms with Crippen molar-refractivity contribution in [2.45, 2.75) is 20.4 Å². The number of nitrogens with zero attached hydrogens (tertiary/aromatic N) is 1. The topological polar surface area (TPSA) is 78.2 Å². The van der Waals surface area contributed by atoms with Crippen LogP contribution in [0.15, 0.2) is 47.3 Å². The Morgan fingerprint density at radius 3 is 2.68 bits per heavy atom. The highest BCUT2D eigenvalue weighted by Gasteiger charge is 2.17. The van der Waals surface area contributed by atoms with Crippen molar-refractivity contribution in [2.75, 3.05) is 18.1 Å². The standard InChI is InChI=1S/C19H21N3O3/c1-3-25-12-18(23)22(11-14-6-4-5-13(2)9-14)15-7-8-16-17(10-15)21-19(24)20-16/h4-10H,3,11-12H2,1-2H3,(H2,20,21,24). The molecule has 6 nitrogen and oxygen atoms in total. The Morgan fingerprint density at radius 1 is 1.12 bits per heavy atom. The van der Waals surface area contributed by atoms with Gasteiger partial charge in [0.05, 0.1) is 17.6 Å². The molecule has 6 heteroatoms. The van der Waals surface area contributed by atoms with Gasteiger partial charge in [0, 0.05) is 12.3 Å². The van der Waals surface area contributed by atoms with Gasteiger partial charge in [0.25, 0.3) is 5.91 Å². The van der Waals surface area contributed by atoms with Crippen LogP contribution in [0.4, 0.5) is 5.69 Å². The fraction of sp³-hybridized carbons (Fsp3) is 0.263. The van der Waals surface area contributed by atoms with Gasteiger partial charge in [-0.2, -0.15) is 0 Å². The lowest BCUT2D eigenvalue weighted by molar-refractivity contribution is -0.123. The molecule has 3 aromatic rings. The lowest BCUT2D eigenvalue weighted by Crippen LogP contribution is -2.33. The first-order valence-corrected chi connectivity index (χ1v) is 8.22. The van der Waals surface area contributed by atoms with E-state index in [0.29, 0.717) is 29.9 Å². The number of hydrogen-bond acceptors (Lipinski definition) is 3. The van der Waals surface area contributed by atoms with E-state index in [2.05, 4.69) is 16.0 Å². The number of aryl methyl sites for hydroxylation is 1. The van der Waals surface area contributed by atoms with Crippen LogP contribution in [-0.2, 0) is 16.1 Å². The molecule has 25 heavy (non-hydrogen) atoms. The Kier molecular flexibility index (Phi) is 5.00. The largest absolute Gasteiger partial charge is 0.372 e. The summed E-state index contributed by atoms with van der Waals surface area (Å²) in [5.74, 6) is -0.124. The Hall–Kier alpha value is -2.86. The monoisotopic (exact) mass is 339 g/mol. The first kappa shape index (κ1) is 17.0. The van der Waals surface area contributed by atoms with E-state index in [9.17, 15) is 9.59 Å². The Balaban J connectivity index is 1.95. The van der Waals surface area contributed by atoms with Gasteiger partial charge in [-0.3, -0.25) is 4.79 Å². The van der Waals surface area contributed by atoms with E-state index in [0.717, 1.165) is 11.1 Å². The number of hydrogen-bond donors (Lipinski definition) is 2. The van der Waals surface area contributed by atoms with Crippen LogP contribution >= 0.6 is 0 Å².